The fourth-order valence-corrected chi connectivity index (χ4v) is 2.09. The van der Waals surface area contributed by atoms with E-state index in [4.69, 9.17) is 16.1 Å². The maximum absolute atomic E-state index is 11.8. The second-order valence-electron chi connectivity index (χ2n) is 4.50. The molecule has 0 saturated carbocycles. The summed E-state index contributed by atoms with van der Waals surface area (Å²) in [6.45, 7) is 3.88. The number of anilines is 1. The number of hydrogen-bond donors (Lipinski definition) is 2. The lowest BCUT2D eigenvalue weighted by atomic mass is 10.1. The van der Waals surface area contributed by atoms with Crippen LogP contribution < -0.4 is 10.6 Å². The number of hydrogen-bond acceptors (Lipinski definition) is 4. The maximum Gasteiger partial charge on any atom is 0.239 e. The fraction of sp³-hybridized carbons (Fsp3) is 0.286. The van der Waals surface area contributed by atoms with Crippen LogP contribution in [0.2, 0.25) is 5.02 Å². The number of rotatable bonds is 5. The Hall–Kier alpha value is -1.85. The number of carbonyl (C=O) groups excluding carboxylic acids is 1. The van der Waals surface area contributed by atoms with Crippen LogP contribution in [0.1, 0.15) is 24.3 Å². The predicted molar refractivity (Wildman–Crippen MR) is 77.7 cm³/mol. The van der Waals surface area contributed by atoms with Gasteiger partial charge in [0.2, 0.25) is 5.91 Å². The smallest absolute Gasteiger partial charge is 0.239 e. The molecule has 0 aliphatic heterocycles. The molecule has 0 fully saturated rings. The molecule has 0 bridgehead atoms. The molecule has 1 amide bonds. The highest BCUT2D eigenvalue weighted by molar-refractivity contribution is 6.31. The Morgan fingerprint density at radius 2 is 2.20 bits per heavy atom. The van der Waals surface area contributed by atoms with Gasteiger partial charge in [0.05, 0.1) is 6.54 Å². The quantitative estimate of drug-likeness (QED) is 0.889. The van der Waals surface area contributed by atoms with E-state index in [0.29, 0.717) is 16.6 Å². The SMILES string of the molecule is Cc1cc(NC(=O)CN[C@@H](C)c2ccccc2Cl)no1. The zero-order valence-electron chi connectivity index (χ0n) is 11.3. The van der Waals surface area contributed by atoms with E-state index >= 15 is 0 Å². The molecule has 1 aromatic heterocycles. The average Bonchev–Trinajstić information content (AvgIpc) is 2.82. The van der Waals surface area contributed by atoms with Gasteiger partial charge in [0.15, 0.2) is 5.82 Å². The first-order chi connectivity index (χ1) is 9.56. The molecule has 0 unspecified atom stereocenters. The van der Waals surface area contributed by atoms with Gasteiger partial charge in [-0.1, -0.05) is 35.0 Å². The molecule has 106 valence electrons. The van der Waals surface area contributed by atoms with Gasteiger partial charge in [0.25, 0.3) is 0 Å². The largest absolute Gasteiger partial charge is 0.360 e. The average molecular weight is 294 g/mol. The van der Waals surface area contributed by atoms with Crippen LogP contribution in [0.15, 0.2) is 34.9 Å². The molecule has 1 heterocycles. The van der Waals surface area contributed by atoms with Crippen molar-refractivity contribution in [1.29, 1.82) is 0 Å². The van der Waals surface area contributed by atoms with Gasteiger partial charge in [-0.3, -0.25) is 4.79 Å². The van der Waals surface area contributed by atoms with Gasteiger partial charge in [-0.05, 0) is 25.5 Å². The zero-order valence-corrected chi connectivity index (χ0v) is 12.1. The molecular formula is C14H16ClN3O2. The number of benzene rings is 1. The minimum absolute atomic E-state index is 0.0199. The van der Waals surface area contributed by atoms with Crippen molar-refractivity contribution in [3.05, 3.63) is 46.7 Å². The molecule has 20 heavy (non-hydrogen) atoms. The monoisotopic (exact) mass is 293 g/mol. The van der Waals surface area contributed by atoms with E-state index in [2.05, 4.69) is 15.8 Å². The topological polar surface area (TPSA) is 67.2 Å². The molecule has 0 radical (unpaired) electrons. The van der Waals surface area contributed by atoms with Gasteiger partial charge >= 0.3 is 0 Å². The number of nitrogens with zero attached hydrogens (tertiary/aromatic N) is 1. The summed E-state index contributed by atoms with van der Waals surface area (Å²) in [6, 6.07) is 9.19. The third-order valence-electron chi connectivity index (χ3n) is 2.84. The molecule has 1 aromatic carbocycles. The summed E-state index contributed by atoms with van der Waals surface area (Å²) >= 11 is 6.10. The Labute approximate surface area is 122 Å². The highest BCUT2D eigenvalue weighted by Gasteiger charge is 2.11. The second-order valence-corrected chi connectivity index (χ2v) is 4.90. The summed E-state index contributed by atoms with van der Waals surface area (Å²) in [6.07, 6.45) is 0. The Balaban J connectivity index is 1.85. The van der Waals surface area contributed by atoms with Crippen LogP contribution in [0.25, 0.3) is 0 Å². The number of aromatic nitrogens is 1. The summed E-state index contributed by atoms with van der Waals surface area (Å²) < 4.78 is 4.87. The first kappa shape index (κ1) is 14.6. The van der Waals surface area contributed by atoms with Crippen molar-refractivity contribution in [2.75, 3.05) is 11.9 Å². The summed E-state index contributed by atoms with van der Waals surface area (Å²) in [7, 11) is 0. The lowest BCUT2D eigenvalue weighted by molar-refractivity contribution is -0.115. The second kappa shape index (κ2) is 6.54. The lowest BCUT2D eigenvalue weighted by Gasteiger charge is -2.15. The van der Waals surface area contributed by atoms with Gasteiger partial charge < -0.3 is 15.2 Å². The molecule has 2 rings (SSSR count). The summed E-state index contributed by atoms with van der Waals surface area (Å²) in [5, 5.41) is 10.1. The van der Waals surface area contributed by atoms with Crippen molar-refractivity contribution in [2.45, 2.75) is 19.9 Å². The van der Waals surface area contributed by atoms with E-state index in [1.54, 1.807) is 13.0 Å². The molecule has 2 N–H and O–H groups in total. The Morgan fingerprint density at radius 1 is 1.45 bits per heavy atom. The minimum Gasteiger partial charge on any atom is -0.360 e. The van der Waals surface area contributed by atoms with Crippen LogP contribution in [0.4, 0.5) is 5.82 Å². The lowest BCUT2D eigenvalue weighted by Crippen LogP contribution is -2.30. The van der Waals surface area contributed by atoms with Gasteiger partial charge in [0.1, 0.15) is 5.76 Å². The molecule has 0 aliphatic rings. The van der Waals surface area contributed by atoms with Crippen LogP contribution in [-0.2, 0) is 4.79 Å². The van der Waals surface area contributed by atoms with Crippen LogP contribution in [0.5, 0.6) is 0 Å². The van der Waals surface area contributed by atoms with E-state index in [-0.39, 0.29) is 18.5 Å². The third kappa shape index (κ3) is 3.82. The first-order valence-corrected chi connectivity index (χ1v) is 6.65. The highest BCUT2D eigenvalue weighted by atomic mass is 35.5. The van der Waals surface area contributed by atoms with Crippen molar-refractivity contribution < 1.29 is 9.32 Å². The molecular weight excluding hydrogens is 278 g/mol. The van der Waals surface area contributed by atoms with Crippen LogP contribution in [-0.4, -0.2) is 17.6 Å². The molecule has 0 saturated heterocycles. The molecule has 0 spiro atoms. The van der Waals surface area contributed by atoms with E-state index in [1.807, 2.05) is 31.2 Å². The Bertz CT molecular complexity index is 598. The predicted octanol–water partition coefficient (Wildman–Crippen LogP) is 2.93. The van der Waals surface area contributed by atoms with Gasteiger partial charge in [0, 0.05) is 17.1 Å². The van der Waals surface area contributed by atoms with Crippen molar-refractivity contribution in [3.8, 4) is 0 Å². The number of halogens is 1. The maximum atomic E-state index is 11.8. The normalized spacial score (nSPS) is 12.2. The van der Waals surface area contributed by atoms with Crippen molar-refractivity contribution in [3.63, 3.8) is 0 Å². The van der Waals surface area contributed by atoms with Gasteiger partial charge in [-0.15, -0.1) is 0 Å². The number of nitrogens with one attached hydrogen (secondary N) is 2. The number of amides is 1. The number of aryl methyl sites for hydroxylation is 1. The third-order valence-corrected chi connectivity index (χ3v) is 3.18. The summed E-state index contributed by atoms with van der Waals surface area (Å²) in [4.78, 5) is 11.8. The molecule has 2 aromatic rings. The van der Waals surface area contributed by atoms with Gasteiger partial charge in [-0.2, -0.15) is 0 Å². The van der Waals surface area contributed by atoms with E-state index in [9.17, 15) is 4.79 Å². The molecule has 1 atom stereocenters. The molecule has 6 heteroatoms. The number of carbonyl (C=O) groups is 1. The fourth-order valence-electron chi connectivity index (χ4n) is 1.79. The van der Waals surface area contributed by atoms with Crippen molar-refractivity contribution in [1.82, 2.24) is 10.5 Å². The van der Waals surface area contributed by atoms with Crippen LogP contribution >= 0.6 is 11.6 Å². The minimum atomic E-state index is -0.183. The Morgan fingerprint density at radius 3 is 2.85 bits per heavy atom. The van der Waals surface area contributed by atoms with Gasteiger partial charge in [-0.25, -0.2) is 0 Å². The Kier molecular flexibility index (Phi) is 4.76. The van der Waals surface area contributed by atoms with Crippen LogP contribution in [0.3, 0.4) is 0 Å². The van der Waals surface area contributed by atoms with E-state index in [1.165, 1.54) is 0 Å². The summed E-state index contributed by atoms with van der Waals surface area (Å²) in [5.41, 5.74) is 0.958. The van der Waals surface area contributed by atoms with E-state index < -0.39 is 0 Å². The highest BCUT2D eigenvalue weighted by Crippen LogP contribution is 2.21. The van der Waals surface area contributed by atoms with Crippen molar-refractivity contribution >= 4 is 23.3 Å². The zero-order chi connectivity index (χ0) is 14.5. The molecule has 0 aliphatic carbocycles. The standard InChI is InChI=1S/C14H16ClN3O2/c1-9-7-13(18-20-9)17-14(19)8-16-10(2)11-5-3-4-6-12(11)15/h3-7,10,16H,8H2,1-2H3,(H,17,18,19)/t10-/m0/s1. The first-order valence-electron chi connectivity index (χ1n) is 6.27. The van der Waals surface area contributed by atoms with Crippen molar-refractivity contribution in [2.24, 2.45) is 0 Å². The summed E-state index contributed by atoms with van der Waals surface area (Å²) in [5.74, 6) is 0.884. The molecule has 5 nitrogen and oxygen atoms in total. The van der Waals surface area contributed by atoms with E-state index in [0.717, 1.165) is 5.56 Å². The van der Waals surface area contributed by atoms with Crippen LogP contribution in [0, 0.1) is 6.92 Å².